The summed E-state index contributed by atoms with van der Waals surface area (Å²) in [6.45, 7) is 2.24. The summed E-state index contributed by atoms with van der Waals surface area (Å²) in [6.07, 6.45) is 1.33. The summed E-state index contributed by atoms with van der Waals surface area (Å²) >= 11 is 0. The summed E-state index contributed by atoms with van der Waals surface area (Å²) in [5, 5.41) is 5.27. The van der Waals surface area contributed by atoms with E-state index in [9.17, 15) is 9.59 Å². The summed E-state index contributed by atoms with van der Waals surface area (Å²) in [4.78, 5) is 22.8. The van der Waals surface area contributed by atoms with E-state index in [-0.39, 0.29) is 11.8 Å². The van der Waals surface area contributed by atoms with Crippen LogP contribution in [0.1, 0.15) is 35.7 Å². The number of rotatable bonds is 4. The molecule has 4 heteroatoms. The van der Waals surface area contributed by atoms with Gasteiger partial charge in [0.05, 0.1) is 12.1 Å². The van der Waals surface area contributed by atoms with Gasteiger partial charge in [-0.05, 0) is 18.6 Å². The maximum atomic E-state index is 11.6. The monoisotopic (exact) mass is 258 g/mol. The van der Waals surface area contributed by atoms with Crippen molar-refractivity contribution in [2.24, 2.45) is 0 Å². The van der Waals surface area contributed by atoms with Gasteiger partial charge >= 0.3 is 0 Å². The molecule has 0 spiro atoms. The highest BCUT2D eigenvalue weighted by atomic mass is 16.2. The molecule has 1 rings (SSSR count). The molecule has 0 bridgehead atoms. The van der Waals surface area contributed by atoms with Gasteiger partial charge in [0.1, 0.15) is 0 Å². The molecule has 0 aliphatic carbocycles. The molecule has 0 aromatic heterocycles. The summed E-state index contributed by atoms with van der Waals surface area (Å²) < 4.78 is 0. The third kappa shape index (κ3) is 4.84. The molecular weight excluding hydrogens is 240 g/mol. The number of hydrogen-bond acceptors (Lipinski definition) is 2. The number of carbonyl (C=O) groups is 2. The van der Waals surface area contributed by atoms with Crippen LogP contribution >= 0.6 is 0 Å². The molecule has 4 nitrogen and oxygen atoms in total. The molecule has 0 fully saturated rings. The zero-order valence-corrected chi connectivity index (χ0v) is 11.2. The van der Waals surface area contributed by atoms with E-state index in [1.165, 1.54) is 0 Å². The second-order valence-corrected chi connectivity index (χ2v) is 3.95. The third-order valence-electron chi connectivity index (χ3n) is 2.47. The molecule has 1 aromatic rings. The van der Waals surface area contributed by atoms with E-state index in [0.717, 1.165) is 6.42 Å². The fraction of sp³-hybridized carbons (Fsp3) is 0.333. The molecule has 1 aromatic carbocycles. The number of nitrogens with one attached hydrogen (secondary N) is 2. The van der Waals surface area contributed by atoms with E-state index < -0.39 is 0 Å². The first kappa shape index (κ1) is 14.8. The highest BCUT2D eigenvalue weighted by molar-refractivity contribution is 5.96. The molecule has 2 N–H and O–H groups in total. The highest BCUT2D eigenvalue weighted by Crippen LogP contribution is 2.06. The largest absolute Gasteiger partial charge is 0.355 e. The molecule has 100 valence electrons. The van der Waals surface area contributed by atoms with Crippen LogP contribution in [0.2, 0.25) is 0 Å². The molecule has 0 radical (unpaired) electrons. The minimum Gasteiger partial charge on any atom is -0.355 e. The lowest BCUT2D eigenvalue weighted by Crippen LogP contribution is -2.23. The predicted octanol–water partition coefficient (Wildman–Crippen LogP) is 1.31. The Morgan fingerprint density at radius 2 is 2.00 bits per heavy atom. The first-order valence-electron chi connectivity index (χ1n) is 6.25. The van der Waals surface area contributed by atoms with Gasteiger partial charge in [0.15, 0.2) is 0 Å². The van der Waals surface area contributed by atoms with Gasteiger partial charge in [0, 0.05) is 19.0 Å². The van der Waals surface area contributed by atoms with E-state index in [2.05, 4.69) is 22.5 Å². The van der Waals surface area contributed by atoms with Crippen LogP contribution < -0.4 is 10.6 Å². The van der Waals surface area contributed by atoms with E-state index in [1.54, 1.807) is 25.2 Å². The van der Waals surface area contributed by atoms with Crippen LogP contribution in [0.15, 0.2) is 24.3 Å². The summed E-state index contributed by atoms with van der Waals surface area (Å²) in [7, 11) is 1.58. The normalized spacial score (nSPS) is 9.16. The van der Waals surface area contributed by atoms with Crippen LogP contribution in [0.25, 0.3) is 0 Å². The fourth-order valence-electron chi connectivity index (χ4n) is 1.52. The SMILES string of the molecule is CCCC(=O)NCC#Cc1ccccc1C(=O)NC. The average Bonchev–Trinajstić information content (AvgIpc) is 2.43. The Balaban J connectivity index is 2.68. The van der Waals surface area contributed by atoms with Crippen molar-refractivity contribution in [3.05, 3.63) is 35.4 Å². The Bertz CT molecular complexity index is 512. The molecule has 2 amide bonds. The van der Waals surface area contributed by atoms with Gasteiger partial charge in [-0.25, -0.2) is 0 Å². The van der Waals surface area contributed by atoms with E-state index in [1.807, 2.05) is 13.0 Å². The Morgan fingerprint density at radius 3 is 2.68 bits per heavy atom. The number of carbonyl (C=O) groups excluding carboxylic acids is 2. The van der Waals surface area contributed by atoms with Gasteiger partial charge in [-0.1, -0.05) is 30.9 Å². The first-order chi connectivity index (χ1) is 9.19. The van der Waals surface area contributed by atoms with Crippen molar-refractivity contribution in [1.29, 1.82) is 0 Å². The lowest BCUT2D eigenvalue weighted by molar-refractivity contribution is -0.120. The van der Waals surface area contributed by atoms with Crippen LogP contribution in [0.3, 0.4) is 0 Å². The van der Waals surface area contributed by atoms with Crippen LogP contribution in [0, 0.1) is 11.8 Å². The van der Waals surface area contributed by atoms with Crippen molar-refractivity contribution in [3.8, 4) is 11.8 Å². The summed E-state index contributed by atoms with van der Waals surface area (Å²) in [6, 6.07) is 7.12. The maximum Gasteiger partial charge on any atom is 0.252 e. The van der Waals surface area contributed by atoms with Gasteiger partial charge in [0.2, 0.25) is 5.91 Å². The molecular formula is C15H18N2O2. The summed E-state index contributed by atoms with van der Waals surface area (Å²) in [5.41, 5.74) is 1.20. The summed E-state index contributed by atoms with van der Waals surface area (Å²) in [5.74, 6) is 5.58. The topological polar surface area (TPSA) is 58.2 Å². The molecule has 0 aliphatic rings. The Labute approximate surface area is 113 Å². The van der Waals surface area contributed by atoms with Crippen LogP contribution in [0.4, 0.5) is 0 Å². The van der Waals surface area contributed by atoms with Gasteiger partial charge in [-0.15, -0.1) is 0 Å². The van der Waals surface area contributed by atoms with Crippen LogP contribution in [-0.2, 0) is 4.79 Å². The third-order valence-corrected chi connectivity index (χ3v) is 2.47. The number of hydrogen-bond donors (Lipinski definition) is 2. The Morgan fingerprint density at radius 1 is 1.26 bits per heavy atom. The first-order valence-corrected chi connectivity index (χ1v) is 6.25. The van der Waals surface area contributed by atoms with Gasteiger partial charge < -0.3 is 10.6 Å². The van der Waals surface area contributed by atoms with Crippen molar-refractivity contribution in [2.45, 2.75) is 19.8 Å². The highest BCUT2D eigenvalue weighted by Gasteiger charge is 2.06. The minimum absolute atomic E-state index is 0.00335. The van der Waals surface area contributed by atoms with Crippen molar-refractivity contribution in [3.63, 3.8) is 0 Å². The number of amides is 2. The van der Waals surface area contributed by atoms with Gasteiger partial charge in [-0.3, -0.25) is 9.59 Å². The average molecular weight is 258 g/mol. The van der Waals surface area contributed by atoms with Crippen molar-refractivity contribution < 1.29 is 9.59 Å². The van der Waals surface area contributed by atoms with Gasteiger partial charge in [-0.2, -0.15) is 0 Å². The second kappa shape index (κ2) is 7.93. The van der Waals surface area contributed by atoms with Gasteiger partial charge in [0.25, 0.3) is 5.91 Å². The molecule has 0 saturated heterocycles. The smallest absolute Gasteiger partial charge is 0.252 e. The Kier molecular flexibility index (Phi) is 6.17. The quantitative estimate of drug-likeness (QED) is 0.800. The maximum absolute atomic E-state index is 11.6. The molecule has 0 heterocycles. The van der Waals surface area contributed by atoms with E-state index >= 15 is 0 Å². The van der Waals surface area contributed by atoms with Crippen molar-refractivity contribution in [2.75, 3.05) is 13.6 Å². The Hall–Kier alpha value is -2.28. The second-order valence-electron chi connectivity index (χ2n) is 3.95. The molecule has 0 atom stereocenters. The van der Waals surface area contributed by atoms with E-state index in [4.69, 9.17) is 0 Å². The lowest BCUT2D eigenvalue weighted by atomic mass is 10.1. The van der Waals surface area contributed by atoms with Crippen molar-refractivity contribution >= 4 is 11.8 Å². The zero-order valence-electron chi connectivity index (χ0n) is 11.2. The molecule has 0 aliphatic heterocycles. The molecule has 19 heavy (non-hydrogen) atoms. The zero-order chi connectivity index (χ0) is 14.1. The van der Waals surface area contributed by atoms with Crippen molar-refractivity contribution in [1.82, 2.24) is 10.6 Å². The molecule has 0 saturated carbocycles. The predicted molar refractivity (Wildman–Crippen MR) is 74.6 cm³/mol. The lowest BCUT2D eigenvalue weighted by Gasteiger charge is -2.02. The van der Waals surface area contributed by atoms with Crippen LogP contribution in [0.5, 0.6) is 0 Å². The van der Waals surface area contributed by atoms with E-state index in [0.29, 0.717) is 24.1 Å². The standard InChI is InChI=1S/C15H18N2O2/c1-3-7-14(18)17-11-6-9-12-8-4-5-10-13(12)15(19)16-2/h4-5,8,10H,3,7,11H2,1-2H3,(H,16,19)(H,17,18). The fourth-order valence-corrected chi connectivity index (χ4v) is 1.52. The number of benzene rings is 1. The molecule has 0 unspecified atom stereocenters. The van der Waals surface area contributed by atoms with Crippen LogP contribution in [-0.4, -0.2) is 25.4 Å². The minimum atomic E-state index is -0.167.